The second-order valence-corrected chi connectivity index (χ2v) is 9.60. The van der Waals surface area contributed by atoms with Crippen molar-refractivity contribution < 1.29 is 23.7 Å². The van der Waals surface area contributed by atoms with Crippen molar-refractivity contribution in [2.24, 2.45) is 0 Å². The molecule has 3 aromatic rings. The molecule has 0 aliphatic carbocycles. The van der Waals surface area contributed by atoms with Gasteiger partial charge in [-0.1, -0.05) is 0 Å². The fraction of sp³-hybridized carbons (Fsp3) is 0.407. The maximum absolute atomic E-state index is 12.5. The van der Waals surface area contributed by atoms with Crippen molar-refractivity contribution in [3.05, 3.63) is 35.9 Å². The highest BCUT2D eigenvalue weighted by molar-refractivity contribution is 5.95. The quantitative estimate of drug-likeness (QED) is 0.479. The van der Waals surface area contributed by atoms with Crippen LogP contribution in [0.4, 0.5) is 5.69 Å². The summed E-state index contributed by atoms with van der Waals surface area (Å²) in [4.78, 5) is 23.0. The van der Waals surface area contributed by atoms with Gasteiger partial charge in [-0.3, -0.25) is 4.79 Å². The number of H-pyrrole nitrogens is 1. The number of anilines is 1. The third kappa shape index (κ3) is 5.57. The maximum Gasteiger partial charge on any atom is 0.244 e. The molecular formula is C27H34N4O5. The van der Waals surface area contributed by atoms with Crippen LogP contribution in [0, 0.1) is 0 Å². The molecule has 0 saturated carbocycles. The van der Waals surface area contributed by atoms with E-state index in [-0.39, 0.29) is 11.4 Å². The fourth-order valence-electron chi connectivity index (χ4n) is 4.21. The molecule has 4 rings (SSSR count). The summed E-state index contributed by atoms with van der Waals surface area (Å²) in [5.41, 5.74) is 4.09. The number of nitrogens with zero attached hydrogens (tertiary/aromatic N) is 2. The highest BCUT2D eigenvalue weighted by Gasteiger charge is 2.19. The number of hydrogen-bond donors (Lipinski definition) is 2. The van der Waals surface area contributed by atoms with E-state index in [1.54, 1.807) is 27.4 Å². The van der Waals surface area contributed by atoms with Gasteiger partial charge in [0.2, 0.25) is 11.7 Å². The minimum atomic E-state index is -0.308. The van der Waals surface area contributed by atoms with Gasteiger partial charge < -0.3 is 34.1 Å². The second kappa shape index (κ2) is 10.5. The lowest BCUT2D eigenvalue weighted by Gasteiger charge is -2.30. The maximum atomic E-state index is 12.5. The van der Waals surface area contributed by atoms with Crippen molar-refractivity contribution in [3.8, 4) is 28.6 Å². The summed E-state index contributed by atoms with van der Waals surface area (Å²) in [6.45, 7) is 8.72. The van der Waals surface area contributed by atoms with Gasteiger partial charge in [0.05, 0.1) is 45.6 Å². The number of carbonyl (C=O) groups is 1. The first-order chi connectivity index (χ1) is 17.2. The Labute approximate surface area is 211 Å². The van der Waals surface area contributed by atoms with Crippen LogP contribution in [0.3, 0.4) is 0 Å². The third-order valence-electron chi connectivity index (χ3n) is 5.83. The normalized spacial score (nSPS) is 14.3. The number of rotatable bonds is 7. The highest BCUT2D eigenvalue weighted by Crippen LogP contribution is 2.41. The summed E-state index contributed by atoms with van der Waals surface area (Å²) in [6.07, 6.45) is 3.43. The molecule has 1 aromatic heterocycles. The van der Waals surface area contributed by atoms with Gasteiger partial charge in [0, 0.05) is 41.5 Å². The van der Waals surface area contributed by atoms with Gasteiger partial charge in [0.15, 0.2) is 11.5 Å². The first kappa shape index (κ1) is 25.4. The van der Waals surface area contributed by atoms with E-state index in [4.69, 9.17) is 23.9 Å². The number of fused-ring (bicyclic) bond motifs is 1. The molecule has 0 radical (unpaired) electrons. The Morgan fingerprint density at radius 1 is 1.06 bits per heavy atom. The van der Waals surface area contributed by atoms with Crippen molar-refractivity contribution in [1.29, 1.82) is 0 Å². The number of methoxy groups -OCH3 is 3. The lowest BCUT2D eigenvalue weighted by molar-refractivity contribution is -0.117. The number of ether oxygens (including phenoxy) is 4. The molecule has 1 aliphatic rings. The summed E-state index contributed by atoms with van der Waals surface area (Å²) >= 11 is 0. The molecule has 0 bridgehead atoms. The zero-order valence-corrected chi connectivity index (χ0v) is 21.7. The average Bonchev–Trinajstić information content (AvgIpc) is 3.28. The van der Waals surface area contributed by atoms with Crippen molar-refractivity contribution in [3.63, 3.8) is 0 Å². The van der Waals surface area contributed by atoms with Crippen LogP contribution in [0.25, 0.3) is 28.5 Å². The lowest BCUT2D eigenvalue weighted by Crippen LogP contribution is -2.39. The first-order valence-electron chi connectivity index (χ1n) is 11.9. The van der Waals surface area contributed by atoms with Crippen LogP contribution in [0.15, 0.2) is 30.3 Å². The van der Waals surface area contributed by atoms with Crippen LogP contribution in [0.1, 0.15) is 26.3 Å². The number of benzene rings is 2. The SMILES string of the molecule is COc1cc(-c2nc3cc(N4CCOCC4)c(/C=C/C(=O)NC(C)(C)C)cc3[nH]2)cc(OC)c1OC. The van der Waals surface area contributed by atoms with Crippen LogP contribution in [0.2, 0.25) is 0 Å². The summed E-state index contributed by atoms with van der Waals surface area (Å²) in [7, 11) is 4.75. The zero-order valence-electron chi connectivity index (χ0n) is 21.7. The molecule has 9 nitrogen and oxygen atoms in total. The molecule has 1 fully saturated rings. The van der Waals surface area contributed by atoms with Gasteiger partial charge >= 0.3 is 0 Å². The summed E-state index contributed by atoms with van der Waals surface area (Å²) in [6, 6.07) is 7.80. The molecule has 192 valence electrons. The predicted octanol–water partition coefficient (Wildman–Crippen LogP) is 4.02. The Bertz CT molecular complexity index is 1240. The lowest BCUT2D eigenvalue weighted by atomic mass is 10.1. The van der Waals surface area contributed by atoms with E-state index in [1.807, 2.05) is 45.0 Å². The molecule has 1 saturated heterocycles. The Kier molecular flexibility index (Phi) is 7.40. The minimum Gasteiger partial charge on any atom is -0.493 e. The van der Waals surface area contributed by atoms with Gasteiger partial charge in [0.25, 0.3) is 0 Å². The van der Waals surface area contributed by atoms with Crippen LogP contribution in [0.5, 0.6) is 17.2 Å². The van der Waals surface area contributed by atoms with E-state index in [0.717, 1.165) is 40.9 Å². The number of aromatic amines is 1. The number of aromatic nitrogens is 2. The van der Waals surface area contributed by atoms with Crippen LogP contribution >= 0.6 is 0 Å². The molecule has 2 aromatic carbocycles. The van der Waals surface area contributed by atoms with Gasteiger partial charge in [-0.15, -0.1) is 0 Å². The smallest absolute Gasteiger partial charge is 0.244 e. The second-order valence-electron chi connectivity index (χ2n) is 9.60. The number of carbonyl (C=O) groups excluding carboxylic acids is 1. The van der Waals surface area contributed by atoms with E-state index < -0.39 is 0 Å². The topological polar surface area (TPSA) is 97.9 Å². The van der Waals surface area contributed by atoms with Crippen molar-refractivity contribution >= 4 is 28.7 Å². The van der Waals surface area contributed by atoms with Crippen molar-refractivity contribution in [2.45, 2.75) is 26.3 Å². The van der Waals surface area contributed by atoms with Gasteiger partial charge in [-0.05, 0) is 51.1 Å². The molecule has 1 amide bonds. The van der Waals surface area contributed by atoms with Gasteiger partial charge in [-0.2, -0.15) is 0 Å². The highest BCUT2D eigenvalue weighted by atomic mass is 16.5. The molecule has 36 heavy (non-hydrogen) atoms. The minimum absolute atomic E-state index is 0.141. The standard InChI is InChI=1S/C27H34N4O5/c1-27(2,3)30-24(32)8-7-17-13-19-20(16-21(17)31-9-11-36-12-10-31)29-26(28-19)18-14-22(33-4)25(35-6)23(15-18)34-5/h7-8,13-16H,9-12H2,1-6H3,(H,28,29)(H,30,32)/b8-7+. The van der Waals surface area contributed by atoms with Crippen molar-refractivity contribution in [2.75, 3.05) is 52.5 Å². The number of hydrogen-bond acceptors (Lipinski definition) is 7. The van der Waals surface area contributed by atoms with Crippen LogP contribution < -0.4 is 24.4 Å². The molecular weight excluding hydrogens is 460 g/mol. The van der Waals surface area contributed by atoms with E-state index >= 15 is 0 Å². The monoisotopic (exact) mass is 494 g/mol. The zero-order chi connectivity index (χ0) is 25.9. The Balaban J connectivity index is 1.77. The molecule has 0 unspecified atom stereocenters. The summed E-state index contributed by atoms with van der Waals surface area (Å²) in [5.74, 6) is 2.15. The number of imidazole rings is 1. The number of nitrogens with one attached hydrogen (secondary N) is 2. The Morgan fingerprint density at radius 2 is 1.72 bits per heavy atom. The number of morpholine rings is 1. The average molecular weight is 495 g/mol. The number of amides is 1. The molecule has 2 N–H and O–H groups in total. The molecule has 2 heterocycles. The molecule has 0 atom stereocenters. The third-order valence-corrected chi connectivity index (χ3v) is 5.83. The van der Waals surface area contributed by atoms with E-state index in [2.05, 4.69) is 21.3 Å². The predicted molar refractivity (Wildman–Crippen MR) is 141 cm³/mol. The van der Waals surface area contributed by atoms with E-state index in [0.29, 0.717) is 36.3 Å². The van der Waals surface area contributed by atoms with E-state index in [9.17, 15) is 4.79 Å². The summed E-state index contributed by atoms with van der Waals surface area (Å²) in [5, 5.41) is 2.97. The largest absolute Gasteiger partial charge is 0.493 e. The fourth-order valence-corrected chi connectivity index (χ4v) is 4.21. The van der Waals surface area contributed by atoms with Crippen molar-refractivity contribution in [1.82, 2.24) is 15.3 Å². The molecule has 9 heteroatoms. The van der Waals surface area contributed by atoms with Gasteiger partial charge in [-0.25, -0.2) is 4.98 Å². The molecule has 1 aliphatic heterocycles. The Hall–Kier alpha value is -3.72. The Morgan fingerprint density at radius 3 is 2.31 bits per heavy atom. The van der Waals surface area contributed by atoms with Gasteiger partial charge in [0.1, 0.15) is 5.82 Å². The first-order valence-corrected chi connectivity index (χ1v) is 11.9. The van der Waals surface area contributed by atoms with E-state index in [1.165, 1.54) is 0 Å². The van der Waals surface area contributed by atoms with Crippen LogP contribution in [-0.4, -0.2) is 69.0 Å². The molecule has 0 spiro atoms. The van der Waals surface area contributed by atoms with Crippen LogP contribution in [-0.2, 0) is 9.53 Å². The summed E-state index contributed by atoms with van der Waals surface area (Å²) < 4.78 is 22.0.